The normalized spacial score (nSPS) is 11.8. The molecule has 0 spiro atoms. The van der Waals surface area contributed by atoms with E-state index in [0.717, 1.165) is 17.1 Å². The molecule has 0 bridgehead atoms. The van der Waals surface area contributed by atoms with Gasteiger partial charge in [0.05, 0.1) is 5.69 Å². The maximum absolute atomic E-state index is 2.43. The van der Waals surface area contributed by atoms with Gasteiger partial charge in [0.1, 0.15) is 0 Å². The fourth-order valence-electron chi connectivity index (χ4n) is 7.54. The number of thiophene rings is 1. The molecule has 10 rings (SSSR count). The molecular weight excluding hydrogens is 599 g/mol. The van der Waals surface area contributed by atoms with E-state index in [1.165, 1.54) is 74.4 Å². The second kappa shape index (κ2) is 10.8. The summed E-state index contributed by atoms with van der Waals surface area (Å²) < 4.78 is 2.67. The van der Waals surface area contributed by atoms with E-state index in [1.54, 1.807) is 0 Å². The van der Waals surface area contributed by atoms with Crippen molar-refractivity contribution < 1.29 is 0 Å². The molecule has 9 aromatic carbocycles. The Labute approximate surface area is 282 Å². The Kier molecular flexibility index (Phi) is 6.12. The number of fused-ring (bicyclic) bond motifs is 9. The van der Waals surface area contributed by atoms with Crippen molar-refractivity contribution in [1.82, 2.24) is 0 Å². The van der Waals surface area contributed by atoms with Crippen LogP contribution in [0.25, 0.3) is 74.4 Å². The molecule has 0 aliphatic carbocycles. The van der Waals surface area contributed by atoms with E-state index >= 15 is 0 Å². The van der Waals surface area contributed by atoms with Crippen LogP contribution in [0.1, 0.15) is 0 Å². The van der Waals surface area contributed by atoms with E-state index in [2.05, 4.69) is 181 Å². The SMILES string of the molecule is c1ccc2c(c1)ccc1ccc(N(c3ccc(-c4cccc5c4sc4ccccc45)cc3)c3cccc4c3ccc3ccccc34)cc12. The molecular formula is C46H29NS. The van der Waals surface area contributed by atoms with Gasteiger partial charge in [-0.1, -0.05) is 140 Å². The minimum Gasteiger partial charge on any atom is -0.310 e. The lowest BCUT2D eigenvalue weighted by molar-refractivity contribution is 1.30. The van der Waals surface area contributed by atoms with Gasteiger partial charge in [-0.15, -0.1) is 11.3 Å². The zero-order valence-electron chi connectivity index (χ0n) is 26.1. The van der Waals surface area contributed by atoms with Gasteiger partial charge in [0, 0.05) is 36.9 Å². The highest BCUT2D eigenvalue weighted by atomic mass is 32.1. The molecule has 1 heterocycles. The third-order valence-electron chi connectivity index (χ3n) is 9.83. The fourth-order valence-corrected chi connectivity index (χ4v) is 8.78. The Bertz CT molecular complexity index is 2840. The highest BCUT2D eigenvalue weighted by Gasteiger charge is 2.18. The molecule has 1 nitrogen and oxygen atoms in total. The molecule has 0 unspecified atom stereocenters. The zero-order chi connectivity index (χ0) is 31.6. The lowest BCUT2D eigenvalue weighted by Crippen LogP contribution is -2.10. The zero-order valence-corrected chi connectivity index (χ0v) is 26.9. The van der Waals surface area contributed by atoms with E-state index in [1.807, 2.05) is 11.3 Å². The number of hydrogen-bond donors (Lipinski definition) is 0. The molecule has 224 valence electrons. The van der Waals surface area contributed by atoms with Gasteiger partial charge in [-0.2, -0.15) is 0 Å². The van der Waals surface area contributed by atoms with E-state index in [9.17, 15) is 0 Å². The largest absolute Gasteiger partial charge is 0.310 e. The molecule has 0 fully saturated rings. The standard InChI is InChI=1S/C46H29NS/c1-3-11-36-31(10-1)24-28-40-39(36)15-8-17-44(40)47(35-27-23-33-20-19-30-9-2-4-12-37(30)43(33)29-35)34-25-21-32(22-26-34)38-14-7-16-42-41-13-5-6-18-45(41)48-46(38)42/h1-29H. The molecule has 0 saturated carbocycles. The van der Waals surface area contributed by atoms with Gasteiger partial charge in [-0.25, -0.2) is 0 Å². The number of hydrogen-bond acceptors (Lipinski definition) is 2. The maximum Gasteiger partial charge on any atom is 0.0540 e. The summed E-state index contributed by atoms with van der Waals surface area (Å²) >= 11 is 1.88. The molecule has 0 saturated heterocycles. The van der Waals surface area contributed by atoms with Crippen molar-refractivity contribution in [3.63, 3.8) is 0 Å². The van der Waals surface area contributed by atoms with Crippen LogP contribution in [-0.2, 0) is 0 Å². The first-order valence-electron chi connectivity index (χ1n) is 16.4. The number of benzene rings is 9. The lowest BCUT2D eigenvalue weighted by Gasteiger charge is -2.28. The monoisotopic (exact) mass is 627 g/mol. The summed E-state index contributed by atoms with van der Waals surface area (Å²) in [6.07, 6.45) is 0. The molecule has 0 amide bonds. The van der Waals surface area contributed by atoms with E-state index in [4.69, 9.17) is 0 Å². The van der Waals surface area contributed by atoms with E-state index in [-0.39, 0.29) is 0 Å². The van der Waals surface area contributed by atoms with Crippen molar-refractivity contribution in [1.29, 1.82) is 0 Å². The fraction of sp³-hybridized carbons (Fsp3) is 0. The van der Waals surface area contributed by atoms with Crippen LogP contribution in [-0.4, -0.2) is 0 Å². The summed E-state index contributed by atoms with van der Waals surface area (Å²) in [5.41, 5.74) is 5.93. The minimum absolute atomic E-state index is 1.13. The Hall–Kier alpha value is -5.96. The van der Waals surface area contributed by atoms with Crippen molar-refractivity contribution in [2.75, 3.05) is 4.90 Å². The smallest absolute Gasteiger partial charge is 0.0540 e. The molecule has 0 atom stereocenters. The van der Waals surface area contributed by atoms with Crippen molar-refractivity contribution in [3.8, 4) is 11.1 Å². The molecule has 0 N–H and O–H groups in total. The summed E-state index contributed by atoms with van der Waals surface area (Å²) in [6.45, 7) is 0. The molecule has 0 radical (unpaired) electrons. The van der Waals surface area contributed by atoms with Crippen LogP contribution in [0.5, 0.6) is 0 Å². The van der Waals surface area contributed by atoms with Gasteiger partial charge in [0.15, 0.2) is 0 Å². The highest BCUT2D eigenvalue weighted by molar-refractivity contribution is 7.26. The number of anilines is 3. The summed E-state index contributed by atoms with van der Waals surface area (Å²) in [7, 11) is 0. The van der Waals surface area contributed by atoms with Crippen LogP contribution in [0.2, 0.25) is 0 Å². The number of nitrogens with zero attached hydrogens (tertiary/aromatic N) is 1. The first-order valence-corrected chi connectivity index (χ1v) is 17.2. The van der Waals surface area contributed by atoms with Gasteiger partial charge < -0.3 is 4.90 Å². The van der Waals surface area contributed by atoms with E-state index in [0.29, 0.717) is 0 Å². The van der Waals surface area contributed by atoms with Gasteiger partial charge in [0.25, 0.3) is 0 Å². The van der Waals surface area contributed by atoms with Gasteiger partial charge in [-0.05, 0) is 85.2 Å². The number of rotatable bonds is 4. The van der Waals surface area contributed by atoms with Crippen LogP contribution in [0.3, 0.4) is 0 Å². The summed E-state index contributed by atoms with van der Waals surface area (Å²) in [4.78, 5) is 2.43. The molecule has 0 aliphatic rings. The Morgan fingerprint density at radius 2 is 0.938 bits per heavy atom. The molecule has 2 heteroatoms. The topological polar surface area (TPSA) is 3.24 Å². The van der Waals surface area contributed by atoms with Gasteiger partial charge >= 0.3 is 0 Å². The predicted molar refractivity (Wildman–Crippen MR) is 209 cm³/mol. The van der Waals surface area contributed by atoms with Crippen molar-refractivity contribution in [2.45, 2.75) is 0 Å². The van der Waals surface area contributed by atoms with Crippen LogP contribution in [0, 0.1) is 0 Å². The predicted octanol–water partition coefficient (Wildman–Crippen LogP) is 13.8. The van der Waals surface area contributed by atoms with Crippen LogP contribution < -0.4 is 4.90 Å². The summed E-state index contributed by atoms with van der Waals surface area (Å²) in [5, 5.41) is 12.7. The second-order valence-electron chi connectivity index (χ2n) is 12.5. The van der Waals surface area contributed by atoms with Gasteiger partial charge in [-0.3, -0.25) is 0 Å². The van der Waals surface area contributed by atoms with Crippen LogP contribution in [0.4, 0.5) is 17.1 Å². The third-order valence-corrected chi connectivity index (χ3v) is 11.1. The Morgan fingerprint density at radius 3 is 1.75 bits per heavy atom. The maximum atomic E-state index is 2.43. The lowest BCUT2D eigenvalue weighted by atomic mass is 9.98. The first-order chi connectivity index (χ1) is 23.8. The van der Waals surface area contributed by atoms with E-state index < -0.39 is 0 Å². The van der Waals surface area contributed by atoms with Crippen LogP contribution >= 0.6 is 11.3 Å². The average molecular weight is 628 g/mol. The molecule has 1 aromatic heterocycles. The Morgan fingerprint density at radius 1 is 0.354 bits per heavy atom. The average Bonchev–Trinajstić information content (AvgIpc) is 3.54. The molecule has 10 aromatic rings. The van der Waals surface area contributed by atoms with Crippen LogP contribution in [0.15, 0.2) is 176 Å². The molecule has 48 heavy (non-hydrogen) atoms. The summed E-state index contributed by atoms with van der Waals surface area (Å²) in [5.74, 6) is 0. The van der Waals surface area contributed by atoms with Gasteiger partial charge in [0.2, 0.25) is 0 Å². The quantitative estimate of drug-likeness (QED) is 0.176. The van der Waals surface area contributed by atoms with Crippen molar-refractivity contribution >= 4 is 91.7 Å². The first kappa shape index (κ1) is 27.2. The third kappa shape index (κ3) is 4.24. The summed E-state index contributed by atoms with van der Waals surface area (Å²) in [6, 6.07) is 64.6. The highest BCUT2D eigenvalue weighted by Crippen LogP contribution is 2.44. The van der Waals surface area contributed by atoms with Crippen molar-refractivity contribution in [3.05, 3.63) is 176 Å². The molecule has 0 aliphatic heterocycles. The second-order valence-corrected chi connectivity index (χ2v) is 13.6. The van der Waals surface area contributed by atoms with Crippen molar-refractivity contribution in [2.24, 2.45) is 0 Å². The Balaban J connectivity index is 1.19. The minimum atomic E-state index is 1.13.